The normalized spacial score (nSPS) is 23.8. The van der Waals surface area contributed by atoms with E-state index in [9.17, 15) is 18.3 Å². The van der Waals surface area contributed by atoms with E-state index in [4.69, 9.17) is 4.74 Å². The number of fused-ring (bicyclic) bond motifs is 1. The number of aryl methyl sites for hydroxylation is 1. The number of aromatic hydroxyl groups is 1. The van der Waals surface area contributed by atoms with Crippen molar-refractivity contribution in [1.29, 1.82) is 0 Å². The van der Waals surface area contributed by atoms with Crippen molar-refractivity contribution >= 4 is 5.57 Å². The molecule has 3 aliphatic rings. The smallest absolute Gasteiger partial charge is 0.248 e. The first-order chi connectivity index (χ1) is 18.4. The van der Waals surface area contributed by atoms with Gasteiger partial charge in [-0.1, -0.05) is 43.0 Å². The Hall–Kier alpha value is -2.43. The first-order valence-electron chi connectivity index (χ1n) is 14.7. The summed E-state index contributed by atoms with van der Waals surface area (Å²) < 4.78 is 46.7. The molecule has 0 bridgehead atoms. The van der Waals surface area contributed by atoms with E-state index in [2.05, 4.69) is 24.3 Å². The van der Waals surface area contributed by atoms with Crippen molar-refractivity contribution in [3.8, 4) is 11.5 Å². The van der Waals surface area contributed by atoms with Gasteiger partial charge in [-0.05, 0) is 116 Å². The summed E-state index contributed by atoms with van der Waals surface area (Å²) in [6.07, 6.45) is 11.2. The minimum absolute atomic E-state index is 0.0398. The maximum atomic E-state index is 14.0. The Morgan fingerprint density at radius 3 is 2.45 bits per heavy atom. The molecule has 0 aliphatic heterocycles. The summed E-state index contributed by atoms with van der Waals surface area (Å²) in [5, 5.41) is 10.1. The summed E-state index contributed by atoms with van der Waals surface area (Å²) in [5.41, 5.74) is 5.79. The molecule has 5 rings (SSSR count). The lowest BCUT2D eigenvalue weighted by molar-refractivity contribution is -0.0423. The summed E-state index contributed by atoms with van der Waals surface area (Å²) in [5.74, 6) is -0.562. The summed E-state index contributed by atoms with van der Waals surface area (Å²) >= 11 is 0. The monoisotopic (exact) mass is 526 g/mol. The van der Waals surface area contributed by atoms with E-state index >= 15 is 0 Å². The second-order valence-corrected chi connectivity index (χ2v) is 11.7. The molecule has 5 heteroatoms. The summed E-state index contributed by atoms with van der Waals surface area (Å²) in [4.78, 5) is 0. The quantitative estimate of drug-likeness (QED) is 0.330. The third kappa shape index (κ3) is 6.58. The molecule has 2 aromatic carbocycles. The second-order valence-electron chi connectivity index (χ2n) is 11.7. The number of unbranched alkanes of at least 4 members (excludes halogenated alkanes) is 2. The highest BCUT2D eigenvalue weighted by molar-refractivity contribution is 5.85. The fourth-order valence-corrected chi connectivity index (χ4v) is 6.93. The standard InChI is InChI=1S/C33H41F3O2/c34-20-3-1-2-5-23-8-12-29(21-23)38-28-13-9-25(10-14-28)32-30(24-16-18-33(35,36)19-17-24)7-4-6-26-22-27(37)11-15-31(26)32/h9-11,13-15,22-24,29,37H,1-8,12,16-21H2. The lowest BCUT2D eigenvalue weighted by atomic mass is 9.77. The van der Waals surface area contributed by atoms with Crippen molar-refractivity contribution in [3.63, 3.8) is 0 Å². The number of phenols is 1. The predicted molar refractivity (Wildman–Crippen MR) is 147 cm³/mol. The van der Waals surface area contributed by atoms with Gasteiger partial charge in [0, 0.05) is 12.8 Å². The van der Waals surface area contributed by atoms with E-state index in [1.165, 1.54) is 12.0 Å². The lowest BCUT2D eigenvalue weighted by Gasteiger charge is -2.31. The van der Waals surface area contributed by atoms with Gasteiger partial charge in [0.25, 0.3) is 0 Å². The molecule has 2 atom stereocenters. The zero-order valence-electron chi connectivity index (χ0n) is 22.4. The van der Waals surface area contributed by atoms with Crippen molar-refractivity contribution in [2.45, 2.75) is 102 Å². The molecule has 2 fully saturated rings. The molecule has 2 aromatic rings. The Morgan fingerprint density at radius 1 is 0.895 bits per heavy atom. The predicted octanol–water partition coefficient (Wildman–Crippen LogP) is 9.43. The largest absolute Gasteiger partial charge is 0.508 e. The van der Waals surface area contributed by atoms with E-state index in [0.29, 0.717) is 25.2 Å². The van der Waals surface area contributed by atoms with Crippen LogP contribution < -0.4 is 4.74 Å². The number of hydrogen-bond acceptors (Lipinski definition) is 2. The number of alkyl halides is 3. The van der Waals surface area contributed by atoms with Gasteiger partial charge in [0.1, 0.15) is 11.5 Å². The summed E-state index contributed by atoms with van der Waals surface area (Å²) in [7, 11) is 0. The minimum atomic E-state index is -2.54. The maximum absolute atomic E-state index is 14.0. The van der Waals surface area contributed by atoms with Crippen LogP contribution in [0.15, 0.2) is 48.0 Å². The van der Waals surface area contributed by atoms with E-state index in [0.717, 1.165) is 79.4 Å². The molecule has 0 spiro atoms. The number of allylic oxidation sites excluding steroid dienone is 1. The summed E-state index contributed by atoms with van der Waals surface area (Å²) in [6.45, 7) is -0.213. The molecule has 0 amide bonds. The highest BCUT2D eigenvalue weighted by Gasteiger charge is 2.37. The molecular formula is C33H41F3O2. The number of halogens is 3. The van der Waals surface area contributed by atoms with Crippen LogP contribution in [0.2, 0.25) is 0 Å². The molecule has 2 nitrogen and oxygen atoms in total. The van der Waals surface area contributed by atoms with Gasteiger partial charge in [-0.25, -0.2) is 8.78 Å². The number of ether oxygens (including phenoxy) is 1. The molecule has 2 saturated carbocycles. The van der Waals surface area contributed by atoms with Crippen molar-refractivity contribution in [1.82, 2.24) is 0 Å². The minimum Gasteiger partial charge on any atom is -0.508 e. The van der Waals surface area contributed by atoms with E-state index in [-0.39, 0.29) is 37.3 Å². The van der Waals surface area contributed by atoms with Crippen molar-refractivity contribution in [2.75, 3.05) is 6.67 Å². The van der Waals surface area contributed by atoms with Crippen LogP contribution in [0.4, 0.5) is 13.2 Å². The average molecular weight is 527 g/mol. The van der Waals surface area contributed by atoms with Crippen LogP contribution >= 0.6 is 0 Å². The molecule has 2 unspecified atom stereocenters. The number of hydrogen-bond donors (Lipinski definition) is 1. The summed E-state index contributed by atoms with van der Waals surface area (Å²) in [6, 6.07) is 13.9. The van der Waals surface area contributed by atoms with E-state index < -0.39 is 5.92 Å². The Bertz CT molecular complexity index is 1100. The molecule has 0 radical (unpaired) electrons. The van der Waals surface area contributed by atoms with Crippen LogP contribution in [0.3, 0.4) is 0 Å². The number of benzene rings is 2. The Balaban J connectivity index is 1.35. The molecule has 38 heavy (non-hydrogen) atoms. The van der Waals surface area contributed by atoms with Gasteiger partial charge in [0.05, 0.1) is 12.8 Å². The third-order valence-corrected chi connectivity index (χ3v) is 8.97. The molecule has 206 valence electrons. The van der Waals surface area contributed by atoms with Crippen molar-refractivity contribution < 1.29 is 23.0 Å². The Morgan fingerprint density at radius 2 is 1.68 bits per heavy atom. The van der Waals surface area contributed by atoms with Crippen LogP contribution in [0.1, 0.15) is 100 Å². The van der Waals surface area contributed by atoms with Gasteiger partial charge < -0.3 is 9.84 Å². The maximum Gasteiger partial charge on any atom is 0.248 e. The van der Waals surface area contributed by atoms with Gasteiger partial charge in [0.2, 0.25) is 5.92 Å². The Kier molecular flexibility index (Phi) is 8.70. The van der Waals surface area contributed by atoms with Crippen LogP contribution in [-0.4, -0.2) is 23.8 Å². The average Bonchev–Trinajstić information content (AvgIpc) is 3.26. The molecule has 0 saturated heterocycles. The third-order valence-electron chi connectivity index (χ3n) is 8.97. The van der Waals surface area contributed by atoms with Crippen LogP contribution in [0.25, 0.3) is 5.57 Å². The van der Waals surface area contributed by atoms with Crippen LogP contribution in [-0.2, 0) is 6.42 Å². The zero-order chi connectivity index (χ0) is 26.5. The fraction of sp³-hybridized carbons (Fsp3) is 0.576. The fourth-order valence-electron chi connectivity index (χ4n) is 6.93. The van der Waals surface area contributed by atoms with Crippen molar-refractivity contribution in [2.24, 2.45) is 11.8 Å². The molecule has 0 aromatic heterocycles. The Labute approximate surface area is 225 Å². The molecule has 0 heterocycles. The van der Waals surface area contributed by atoms with Gasteiger partial charge in [-0.2, -0.15) is 0 Å². The van der Waals surface area contributed by atoms with Crippen LogP contribution in [0.5, 0.6) is 11.5 Å². The van der Waals surface area contributed by atoms with E-state index in [1.54, 1.807) is 6.07 Å². The molecule has 3 aliphatic carbocycles. The lowest BCUT2D eigenvalue weighted by Crippen LogP contribution is -2.25. The SMILES string of the molecule is Oc1ccc2c(c1)CCCC(C1CCC(F)(F)CC1)=C2c1ccc(OC2CCC(CCCCCF)C2)cc1. The van der Waals surface area contributed by atoms with Gasteiger partial charge in [-0.15, -0.1) is 0 Å². The van der Waals surface area contributed by atoms with Crippen molar-refractivity contribution in [3.05, 3.63) is 64.7 Å². The first kappa shape index (κ1) is 27.1. The van der Waals surface area contributed by atoms with Gasteiger partial charge in [0.15, 0.2) is 0 Å². The van der Waals surface area contributed by atoms with Gasteiger partial charge in [-0.3, -0.25) is 4.39 Å². The zero-order valence-corrected chi connectivity index (χ0v) is 22.4. The highest BCUT2D eigenvalue weighted by Crippen LogP contribution is 2.46. The first-order valence-corrected chi connectivity index (χ1v) is 14.7. The molecule has 1 N–H and O–H groups in total. The van der Waals surface area contributed by atoms with E-state index in [1.807, 2.05) is 12.1 Å². The topological polar surface area (TPSA) is 29.5 Å². The highest BCUT2D eigenvalue weighted by atomic mass is 19.3. The number of rotatable bonds is 9. The second kappa shape index (κ2) is 12.2. The number of phenolic OH excluding ortho intramolecular Hbond substituents is 1. The molecular weight excluding hydrogens is 485 g/mol. The van der Waals surface area contributed by atoms with Crippen LogP contribution in [0, 0.1) is 11.8 Å². The van der Waals surface area contributed by atoms with Gasteiger partial charge >= 0.3 is 0 Å².